The smallest absolute Gasteiger partial charge is 0.475 e. The summed E-state index contributed by atoms with van der Waals surface area (Å²) in [5.74, 6) is -2.28. The predicted molar refractivity (Wildman–Crippen MR) is 56.6 cm³/mol. The number of nitrogens with zero attached hydrogens (tertiary/aromatic N) is 2. The monoisotopic (exact) mass is 269 g/mol. The molecule has 0 aliphatic carbocycles. The van der Waals surface area contributed by atoms with Gasteiger partial charge in [0, 0.05) is 6.20 Å². The minimum atomic E-state index is -5.08. The molecule has 0 saturated carbocycles. The number of hydrogen-bond donors (Lipinski definition) is 3. The molecule has 0 unspecified atom stereocenters. The van der Waals surface area contributed by atoms with Crippen LogP contribution in [-0.2, 0) is 11.3 Å². The molecular weight excluding hydrogens is 255 g/mol. The van der Waals surface area contributed by atoms with Crippen molar-refractivity contribution in [1.82, 2.24) is 9.78 Å². The van der Waals surface area contributed by atoms with Gasteiger partial charge in [0.05, 0.1) is 12.1 Å². The van der Waals surface area contributed by atoms with Crippen LogP contribution in [0.3, 0.4) is 0 Å². The van der Waals surface area contributed by atoms with E-state index in [1.807, 2.05) is 0 Å². The Bertz CT molecular complexity index is 396. The summed E-state index contributed by atoms with van der Waals surface area (Å²) in [5, 5.41) is 20.4. The molecule has 18 heavy (non-hydrogen) atoms. The van der Waals surface area contributed by atoms with Crippen molar-refractivity contribution in [2.24, 2.45) is 0 Å². The van der Waals surface area contributed by atoms with Crippen LogP contribution in [0.15, 0.2) is 12.3 Å². The van der Waals surface area contributed by atoms with E-state index in [0.717, 1.165) is 0 Å². The van der Waals surface area contributed by atoms with Gasteiger partial charge in [0.2, 0.25) is 0 Å². The van der Waals surface area contributed by atoms with Crippen molar-refractivity contribution >= 4 is 11.8 Å². The molecule has 104 valence electrons. The highest BCUT2D eigenvalue weighted by molar-refractivity contribution is 5.73. The third-order valence-electron chi connectivity index (χ3n) is 1.45. The van der Waals surface area contributed by atoms with E-state index in [1.54, 1.807) is 30.8 Å². The van der Waals surface area contributed by atoms with E-state index in [-0.39, 0.29) is 0 Å². The number of rotatable bonds is 2. The molecule has 1 rings (SSSR count). The van der Waals surface area contributed by atoms with Gasteiger partial charge in [-0.1, -0.05) is 0 Å². The van der Waals surface area contributed by atoms with E-state index in [0.29, 0.717) is 12.4 Å². The highest BCUT2D eigenvalue weighted by atomic mass is 19.4. The lowest BCUT2D eigenvalue weighted by molar-refractivity contribution is -0.192. The van der Waals surface area contributed by atoms with E-state index < -0.39 is 17.7 Å². The van der Waals surface area contributed by atoms with Crippen LogP contribution < -0.4 is 5.73 Å². The molecular formula is C9H14F3N3O3. The molecule has 0 spiro atoms. The van der Waals surface area contributed by atoms with Crippen LogP contribution in [0, 0.1) is 0 Å². The lowest BCUT2D eigenvalue weighted by atomic mass is 10.1. The molecule has 0 radical (unpaired) electrons. The van der Waals surface area contributed by atoms with E-state index in [4.69, 9.17) is 15.6 Å². The number of carbonyl (C=O) groups is 1. The number of aliphatic hydroxyl groups is 1. The number of nitrogens with two attached hydrogens (primary N) is 1. The van der Waals surface area contributed by atoms with Crippen molar-refractivity contribution in [1.29, 1.82) is 0 Å². The number of nitrogen functional groups attached to an aromatic ring is 1. The molecule has 4 N–H and O–H groups in total. The largest absolute Gasteiger partial charge is 0.490 e. The second kappa shape index (κ2) is 5.71. The molecule has 1 heterocycles. The molecule has 1 aromatic heterocycles. The van der Waals surface area contributed by atoms with Crippen LogP contribution in [-0.4, -0.2) is 37.7 Å². The van der Waals surface area contributed by atoms with Crippen LogP contribution >= 0.6 is 0 Å². The van der Waals surface area contributed by atoms with Crippen molar-refractivity contribution in [3.63, 3.8) is 0 Å². The molecule has 0 bridgehead atoms. The maximum atomic E-state index is 10.6. The van der Waals surface area contributed by atoms with E-state index in [1.165, 1.54) is 0 Å². The fourth-order valence-corrected chi connectivity index (χ4v) is 0.862. The molecule has 9 heteroatoms. The maximum Gasteiger partial charge on any atom is 0.490 e. The summed E-state index contributed by atoms with van der Waals surface area (Å²) in [4.78, 5) is 8.90. The number of anilines is 1. The molecule has 0 amide bonds. The molecule has 1 aromatic rings. The van der Waals surface area contributed by atoms with Crippen molar-refractivity contribution in [3.05, 3.63) is 12.3 Å². The Morgan fingerprint density at radius 2 is 1.94 bits per heavy atom. The fourth-order valence-electron chi connectivity index (χ4n) is 0.862. The minimum absolute atomic E-state index is 0.462. The third-order valence-corrected chi connectivity index (χ3v) is 1.45. The predicted octanol–water partition coefficient (Wildman–Crippen LogP) is 0.870. The van der Waals surface area contributed by atoms with Crippen LogP contribution in [0.1, 0.15) is 13.8 Å². The number of halogens is 3. The number of hydrogen-bond acceptors (Lipinski definition) is 4. The standard InChI is InChI=1S/C7H13N3O.C2HF3O2/c1-7(2,11)5-10-4-3-6(8)9-10;3-2(4,5)1(6)7/h3-4,11H,5H2,1-2H3,(H2,8,9);(H,6,7). The number of carboxylic acid groups (broad SMARTS) is 1. The average Bonchev–Trinajstić information content (AvgIpc) is 2.47. The SMILES string of the molecule is CC(C)(O)Cn1ccc(N)n1.O=C(O)C(F)(F)F. The van der Waals surface area contributed by atoms with E-state index >= 15 is 0 Å². The summed E-state index contributed by atoms with van der Waals surface area (Å²) in [6.45, 7) is 3.92. The molecule has 0 fully saturated rings. The van der Waals surface area contributed by atoms with Gasteiger partial charge in [0.1, 0.15) is 5.82 Å². The van der Waals surface area contributed by atoms with Gasteiger partial charge in [-0.3, -0.25) is 4.68 Å². The summed E-state index contributed by atoms with van der Waals surface area (Å²) in [6.07, 6.45) is -3.34. The molecule has 6 nitrogen and oxygen atoms in total. The van der Waals surface area contributed by atoms with Gasteiger partial charge in [0.25, 0.3) is 0 Å². The number of aromatic nitrogens is 2. The first-order valence-corrected chi connectivity index (χ1v) is 4.73. The highest BCUT2D eigenvalue weighted by Gasteiger charge is 2.38. The molecule has 0 aliphatic rings. The normalized spacial score (nSPS) is 11.7. The van der Waals surface area contributed by atoms with Gasteiger partial charge >= 0.3 is 12.1 Å². The summed E-state index contributed by atoms with van der Waals surface area (Å²) in [7, 11) is 0. The van der Waals surface area contributed by atoms with Crippen LogP contribution in [0.25, 0.3) is 0 Å². The van der Waals surface area contributed by atoms with E-state index in [2.05, 4.69) is 5.10 Å². The Labute approximate surface area is 101 Å². The van der Waals surface area contributed by atoms with Crippen LogP contribution in [0.5, 0.6) is 0 Å². The Kier molecular flexibility index (Phi) is 5.15. The Balaban J connectivity index is 0.000000360. The zero-order valence-corrected chi connectivity index (χ0v) is 9.77. The van der Waals surface area contributed by atoms with Gasteiger partial charge in [0.15, 0.2) is 0 Å². The van der Waals surface area contributed by atoms with Crippen LogP contribution in [0.2, 0.25) is 0 Å². The first kappa shape index (κ1) is 16.2. The second-order valence-corrected chi connectivity index (χ2v) is 4.05. The highest BCUT2D eigenvalue weighted by Crippen LogP contribution is 2.13. The Morgan fingerprint density at radius 3 is 2.17 bits per heavy atom. The number of alkyl halides is 3. The van der Waals surface area contributed by atoms with Gasteiger partial charge in [-0.2, -0.15) is 18.3 Å². The minimum Gasteiger partial charge on any atom is -0.475 e. The van der Waals surface area contributed by atoms with Gasteiger partial charge in [-0.25, -0.2) is 4.79 Å². The quantitative estimate of drug-likeness (QED) is 0.739. The van der Waals surface area contributed by atoms with Crippen LogP contribution in [0.4, 0.5) is 19.0 Å². The molecule has 0 aromatic carbocycles. The average molecular weight is 269 g/mol. The van der Waals surface area contributed by atoms with Crippen molar-refractivity contribution in [3.8, 4) is 0 Å². The first-order valence-electron chi connectivity index (χ1n) is 4.73. The first-order chi connectivity index (χ1) is 7.92. The zero-order valence-electron chi connectivity index (χ0n) is 9.77. The molecule has 0 saturated heterocycles. The zero-order chi connectivity index (χ0) is 14.6. The summed E-state index contributed by atoms with van der Waals surface area (Å²) >= 11 is 0. The number of aliphatic carboxylic acids is 1. The summed E-state index contributed by atoms with van der Waals surface area (Å²) in [6, 6.07) is 1.70. The lowest BCUT2D eigenvalue weighted by Crippen LogP contribution is -2.26. The van der Waals surface area contributed by atoms with E-state index in [9.17, 15) is 18.3 Å². The second-order valence-electron chi connectivity index (χ2n) is 4.05. The van der Waals surface area contributed by atoms with Gasteiger partial charge in [-0.05, 0) is 19.9 Å². The van der Waals surface area contributed by atoms with Gasteiger partial charge < -0.3 is 15.9 Å². The number of carboxylic acids is 1. The third kappa shape index (κ3) is 7.49. The fraction of sp³-hybridized carbons (Fsp3) is 0.556. The van der Waals surface area contributed by atoms with Crippen molar-refractivity contribution in [2.45, 2.75) is 32.2 Å². The summed E-state index contributed by atoms with van der Waals surface area (Å²) < 4.78 is 33.4. The summed E-state index contributed by atoms with van der Waals surface area (Å²) in [5.41, 5.74) is 4.65. The topological polar surface area (TPSA) is 101 Å². The maximum absolute atomic E-state index is 10.6. The van der Waals surface area contributed by atoms with Crippen molar-refractivity contribution in [2.75, 3.05) is 5.73 Å². The Hall–Kier alpha value is -1.77. The van der Waals surface area contributed by atoms with Crippen molar-refractivity contribution < 1.29 is 28.2 Å². The Morgan fingerprint density at radius 1 is 1.50 bits per heavy atom. The molecule has 0 atom stereocenters. The van der Waals surface area contributed by atoms with Gasteiger partial charge in [-0.15, -0.1) is 0 Å². The lowest BCUT2D eigenvalue weighted by Gasteiger charge is -2.16. The molecule has 0 aliphatic heterocycles.